The highest BCUT2D eigenvalue weighted by Crippen LogP contribution is 2.26. The second kappa shape index (κ2) is 8.12. The Labute approximate surface area is 126 Å². The van der Waals surface area contributed by atoms with Crippen molar-refractivity contribution < 1.29 is 4.79 Å². The maximum atomic E-state index is 11.7. The average molecular weight is 298 g/mol. The molecule has 1 amide bonds. The first-order chi connectivity index (χ1) is 9.45. The third-order valence-electron chi connectivity index (χ3n) is 3.05. The Morgan fingerprint density at radius 2 is 2.00 bits per heavy atom. The lowest BCUT2D eigenvalue weighted by Crippen LogP contribution is -2.34. The number of likely N-dealkylation sites (N-methyl/N-ethyl adjacent to an activating group) is 2. The second-order valence-corrected chi connectivity index (χ2v) is 5.51. The number of halogens is 1. The van der Waals surface area contributed by atoms with Gasteiger partial charge in [-0.2, -0.15) is 0 Å². The Bertz CT molecular complexity index is 449. The molecule has 0 heterocycles. The molecule has 112 valence electrons. The van der Waals surface area contributed by atoms with Crippen molar-refractivity contribution in [1.82, 2.24) is 10.2 Å². The van der Waals surface area contributed by atoms with E-state index in [1.165, 1.54) is 0 Å². The first kappa shape index (κ1) is 16.8. The maximum Gasteiger partial charge on any atom is 0.241 e. The summed E-state index contributed by atoms with van der Waals surface area (Å²) in [5.74, 6) is 0.0530. The summed E-state index contributed by atoms with van der Waals surface area (Å²) in [6.45, 7) is 4.27. The van der Waals surface area contributed by atoms with Gasteiger partial charge in [0.25, 0.3) is 0 Å². The average Bonchev–Trinajstić information content (AvgIpc) is 2.38. The summed E-state index contributed by atoms with van der Waals surface area (Å²) in [7, 11) is 5.37. The van der Waals surface area contributed by atoms with E-state index in [1.807, 2.05) is 30.1 Å². The molecule has 5 heteroatoms. The van der Waals surface area contributed by atoms with E-state index in [9.17, 15) is 4.79 Å². The Morgan fingerprint density at radius 3 is 2.55 bits per heavy atom. The van der Waals surface area contributed by atoms with E-state index in [2.05, 4.69) is 12.2 Å². The predicted octanol–water partition coefficient (Wildman–Crippen LogP) is 2.36. The van der Waals surface area contributed by atoms with Crippen molar-refractivity contribution in [2.45, 2.75) is 19.9 Å². The molecule has 0 radical (unpaired) electrons. The fourth-order valence-corrected chi connectivity index (χ4v) is 2.16. The van der Waals surface area contributed by atoms with Gasteiger partial charge in [0.1, 0.15) is 0 Å². The van der Waals surface area contributed by atoms with Crippen molar-refractivity contribution in [2.75, 3.05) is 39.1 Å². The van der Waals surface area contributed by atoms with E-state index >= 15 is 0 Å². The Balaban J connectivity index is 2.69. The molecule has 0 bridgehead atoms. The summed E-state index contributed by atoms with van der Waals surface area (Å²) in [6.07, 6.45) is 1.11. The summed E-state index contributed by atoms with van der Waals surface area (Å²) in [5, 5.41) is 4.02. The van der Waals surface area contributed by atoms with E-state index in [1.54, 1.807) is 19.0 Å². The summed E-state index contributed by atoms with van der Waals surface area (Å²) in [6, 6.07) is 5.96. The van der Waals surface area contributed by atoms with Gasteiger partial charge in [-0.05, 0) is 30.7 Å². The number of hydrogen-bond acceptors (Lipinski definition) is 3. The summed E-state index contributed by atoms with van der Waals surface area (Å²) in [5.41, 5.74) is 2.03. The first-order valence-corrected chi connectivity index (χ1v) is 7.24. The third-order valence-corrected chi connectivity index (χ3v) is 3.35. The summed E-state index contributed by atoms with van der Waals surface area (Å²) >= 11 is 6.31. The zero-order valence-electron chi connectivity index (χ0n) is 12.7. The largest absolute Gasteiger partial charge is 0.364 e. The van der Waals surface area contributed by atoms with Crippen LogP contribution in [0.3, 0.4) is 0 Å². The van der Waals surface area contributed by atoms with Crippen molar-refractivity contribution in [3.8, 4) is 0 Å². The van der Waals surface area contributed by atoms with Gasteiger partial charge >= 0.3 is 0 Å². The van der Waals surface area contributed by atoms with Crippen LogP contribution in [0.2, 0.25) is 5.02 Å². The lowest BCUT2D eigenvalue weighted by molar-refractivity contribution is -0.127. The molecule has 0 aliphatic rings. The highest BCUT2D eigenvalue weighted by atomic mass is 35.5. The normalized spacial score (nSPS) is 10.4. The molecule has 0 atom stereocenters. The third kappa shape index (κ3) is 5.02. The molecule has 0 aliphatic carbocycles. The molecule has 0 fully saturated rings. The summed E-state index contributed by atoms with van der Waals surface area (Å²) < 4.78 is 0. The van der Waals surface area contributed by atoms with Crippen LogP contribution in [0.25, 0.3) is 0 Å². The zero-order valence-corrected chi connectivity index (χ0v) is 13.5. The van der Waals surface area contributed by atoms with E-state index in [0.717, 1.165) is 30.8 Å². The number of anilines is 1. The van der Waals surface area contributed by atoms with Crippen LogP contribution in [0.15, 0.2) is 18.2 Å². The smallest absolute Gasteiger partial charge is 0.241 e. The van der Waals surface area contributed by atoms with Gasteiger partial charge in [-0.15, -0.1) is 0 Å². The summed E-state index contributed by atoms with van der Waals surface area (Å²) in [4.78, 5) is 15.2. The number of hydrogen-bond donors (Lipinski definition) is 1. The molecule has 1 aromatic rings. The number of nitrogens with zero attached hydrogens (tertiary/aromatic N) is 2. The zero-order chi connectivity index (χ0) is 15.1. The Kier molecular flexibility index (Phi) is 6.82. The number of amides is 1. The first-order valence-electron chi connectivity index (χ1n) is 6.86. The number of carbonyl (C=O) groups excluding carboxylic acids is 1. The molecule has 0 unspecified atom stereocenters. The van der Waals surface area contributed by atoms with Gasteiger partial charge < -0.3 is 15.1 Å². The topological polar surface area (TPSA) is 35.6 Å². The molecule has 0 aliphatic heterocycles. The fraction of sp³-hybridized carbons (Fsp3) is 0.533. The van der Waals surface area contributed by atoms with Crippen molar-refractivity contribution in [1.29, 1.82) is 0 Å². The van der Waals surface area contributed by atoms with Crippen molar-refractivity contribution >= 4 is 23.2 Å². The highest BCUT2D eigenvalue weighted by molar-refractivity contribution is 6.33. The van der Waals surface area contributed by atoms with Crippen LogP contribution in [-0.2, 0) is 11.3 Å². The number of carbonyl (C=O) groups is 1. The maximum absolute atomic E-state index is 11.7. The standard InChI is InChI=1S/C15H24ClN3O/c1-5-8-17-10-12-6-7-14(13(16)9-12)19(4)11-15(20)18(2)3/h6-7,9,17H,5,8,10-11H2,1-4H3. The minimum atomic E-state index is 0.0530. The van der Waals surface area contributed by atoms with E-state index in [-0.39, 0.29) is 5.91 Å². The van der Waals surface area contributed by atoms with Gasteiger partial charge in [0.2, 0.25) is 5.91 Å². The molecule has 0 spiro atoms. The fourth-order valence-electron chi connectivity index (χ4n) is 1.81. The Morgan fingerprint density at radius 1 is 1.30 bits per heavy atom. The molecule has 0 saturated carbocycles. The van der Waals surface area contributed by atoms with Crippen LogP contribution in [0.5, 0.6) is 0 Å². The SMILES string of the molecule is CCCNCc1ccc(N(C)CC(=O)N(C)C)c(Cl)c1. The van der Waals surface area contributed by atoms with Gasteiger partial charge in [-0.25, -0.2) is 0 Å². The molecule has 1 N–H and O–H groups in total. The molecule has 0 aromatic heterocycles. The van der Waals surface area contributed by atoms with Crippen LogP contribution in [0, 0.1) is 0 Å². The lowest BCUT2D eigenvalue weighted by atomic mass is 10.2. The predicted molar refractivity (Wildman–Crippen MR) is 85.4 cm³/mol. The molecular formula is C15H24ClN3O. The second-order valence-electron chi connectivity index (χ2n) is 5.11. The van der Waals surface area contributed by atoms with Gasteiger partial charge in [-0.1, -0.05) is 24.6 Å². The van der Waals surface area contributed by atoms with E-state index in [4.69, 9.17) is 11.6 Å². The van der Waals surface area contributed by atoms with Gasteiger partial charge in [0, 0.05) is 27.7 Å². The minimum absolute atomic E-state index is 0.0530. The van der Waals surface area contributed by atoms with Crippen LogP contribution in [0.4, 0.5) is 5.69 Å². The van der Waals surface area contributed by atoms with E-state index in [0.29, 0.717) is 11.6 Å². The molecule has 1 aromatic carbocycles. The van der Waals surface area contributed by atoms with E-state index < -0.39 is 0 Å². The molecule has 20 heavy (non-hydrogen) atoms. The van der Waals surface area contributed by atoms with Crippen molar-refractivity contribution in [2.24, 2.45) is 0 Å². The Hall–Kier alpha value is -1.26. The molecule has 0 saturated heterocycles. The van der Waals surface area contributed by atoms with Gasteiger partial charge in [0.05, 0.1) is 17.3 Å². The number of nitrogens with one attached hydrogen (secondary N) is 1. The quantitative estimate of drug-likeness (QED) is 0.785. The van der Waals surface area contributed by atoms with Crippen LogP contribution in [0.1, 0.15) is 18.9 Å². The van der Waals surface area contributed by atoms with Gasteiger partial charge in [0.15, 0.2) is 0 Å². The van der Waals surface area contributed by atoms with Crippen LogP contribution < -0.4 is 10.2 Å². The molecular weight excluding hydrogens is 274 g/mol. The van der Waals surface area contributed by atoms with Crippen LogP contribution in [-0.4, -0.2) is 45.0 Å². The molecule has 4 nitrogen and oxygen atoms in total. The van der Waals surface area contributed by atoms with Gasteiger partial charge in [-0.3, -0.25) is 4.79 Å². The van der Waals surface area contributed by atoms with Crippen molar-refractivity contribution in [3.63, 3.8) is 0 Å². The highest BCUT2D eigenvalue weighted by Gasteiger charge is 2.12. The monoisotopic (exact) mass is 297 g/mol. The molecule has 1 rings (SSSR count). The van der Waals surface area contributed by atoms with Crippen LogP contribution >= 0.6 is 11.6 Å². The van der Waals surface area contributed by atoms with Crippen molar-refractivity contribution in [3.05, 3.63) is 28.8 Å². The minimum Gasteiger partial charge on any atom is -0.364 e. The number of rotatable bonds is 7. The lowest BCUT2D eigenvalue weighted by Gasteiger charge is -2.22. The number of benzene rings is 1.